The van der Waals surface area contributed by atoms with Crippen molar-refractivity contribution in [1.82, 2.24) is 9.88 Å². The van der Waals surface area contributed by atoms with E-state index in [1.807, 2.05) is 11.0 Å². The van der Waals surface area contributed by atoms with Crippen molar-refractivity contribution >= 4 is 11.6 Å². The first-order chi connectivity index (χ1) is 10.6. The number of likely N-dealkylation sites (tertiary alicyclic amines) is 1. The lowest BCUT2D eigenvalue weighted by molar-refractivity contribution is -0.129. The molecule has 0 spiro atoms. The predicted molar refractivity (Wildman–Crippen MR) is 83.6 cm³/mol. The Bertz CT molecular complexity index is 679. The van der Waals surface area contributed by atoms with Gasteiger partial charge in [-0.25, -0.2) is 4.39 Å². The third-order valence-corrected chi connectivity index (χ3v) is 3.96. The van der Waals surface area contributed by atoms with Gasteiger partial charge in [0.15, 0.2) is 0 Å². The van der Waals surface area contributed by atoms with Crippen LogP contribution in [0.4, 0.5) is 10.1 Å². The highest BCUT2D eigenvalue weighted by molar-refractivity contribution is 5.81. The Kier molecular flexibility index (Phi) is 4.04. The van der Waals surface area contributed by atoms with E-state index in [9.17, 15) is 9.18 Å². The second kappa shape index (κ2) is 6.13. The molecule has 1 amide bonds. The Labute approximate surface area is 128 Å². The van der Waals surface area contributed by atoms with E-state index in [1.165, 1.54) is 12.1 Å². The van der Waals surface area contributed by atoms with Crippen LogP contribution in [0.1, 0.15) is 18.4 Å². The van der Waals surface area contributed by atoms with Gasteiger partial charge in [0.2, 0.25) is 5.91 Å². The van der Waals surface area contributed by atoms with Gasteiger partial charge in [0.1, 0.15) is 5.82 Å². The third-order valence-electron chi connectivity index (χ3n) is 3.96. The quantitative estimate of drug-likeness (QED) is 0.948. The molecule has 2 heterocycles. The molecule has 0 radical (unpaired) electrons. The van der Waals surface area contributed by atoms with E-state index in [4.69, 9.17) is 5.73 Å². The molecule has 0 atom stereocenters. The van der Waals surface area contributed by atoms with Crippen molar-refractivity contribution in [1.29, 1.82) is 0 Å². The van der Waals surface area contributed by atoms with Gasteiger partial charge in [0.05, 0.1) is 24.0 Å². The van der Waals surface area contributed by atoms with Crippen LogP contribution < -0.4 is 5.73 Å². The Balaban J connectivity index is 1.83. The third kappa shape index (κ3) is 3.08. The van der Waals surface area contributed by atoms with Crippen LogP contribution in [0.25, 0.3) is 11.3 Å². The summed E-state index contributed by atoms with van der Waals surface area (Å²) in [7, 11) is 0. The molecule has 22 heavy (non-hydrogen) atoms. The van der Waals surface area contributed by atoms with Gasteiger partial charge < -0.3 is 10.6 Å². The van der Waals surface area contributed by atoms with Gasteiger partial charge in [-0.3, -0.25) is 9.78 Å². The van der Waals surface area contributed by atoms with Crippen molar-refractivity contribution in [3.05, 3.63) is 47.9 Å². The van der Waals surface area contributed by atoms with E-state index in [2.05, 4.69) is 4.98 Å². The summed E-state index contributed by atoms with van der Waals surface area (Å²) in [4.78, 5) is 18.4. The standard InChI is InChI=1S/C17H18FN3O/c18-14-5-3-12(4-6-14)16-9-13(15(19)11-20-16)10-17(22)21-7-1-2-8-21/h3-6,9,11H,1-2,7-8,10,19H2. The SMILES string of the molecule is Nc1cnc(-c2ccc(F)cc2)cc1CC(=O)N1CCCC1. The molecule has 114 valence electrons. The molecule has 2 N–H and O–H groups in total. The van der Waals surface area contributed by atoms with E-state index in [1.54, 1.807) is 18.3 Å². The number of carbonyl (C=O) groups excluding carboxylic acids is 1. The molecule has 0 unspecified atom stereocenters. The van der Waals surface area contributed by atoms with Crippen LogP contribution in [-0.2, 0) is 11.2 Å². The summed E-state index contributed by atoms with van der Waals surface area (Å²) < 4.78 is 13.0. The highest BCUT2D eigenvalue weighted by Crippen LogP contribution is 2.22. The number of nitrogen functional groups attached to an aromatic ring is 1. The van der Waals surface area contributed by atoms with E-state index in [-0.39, 0.29) is 18.1 Å². The second-order valence-electron chi connectivity index (χ2n) is 5.54. The van der Waals surface area contributed by atoms with Gasteiger partial charge in [-0.2, -0.15) is 0 Å². The van der Waals surface area contributed by atoms with Crippen LogP contribution >= 0.6 is 0 Å². The number of halogens is 1. The smallest absolute Gasteiger partial charge is 0.227 e. The predicted octanol–water partition coefficient (Wildman–Crippen LogP) is 2.63. The van der Waals surface area contributed by atoms with Gasteiger partial charge in [-0.05, 0) is 48.7 Å². The number of benzene rings is 1. The summed E-state index contributed by atoms with van der Waals surface area (Å²) >= 11 is 0. The number of hydrogen-bond acceptors (Lipinski definition) is 3. The van der Waals surface area contributed by atoms with Crippen molar-refractivity contribution in [2.75, 3.05) is 18.8 Å². The lowest BCUT2D eigenvalue weighted by atomic mass is 10.1. The number of rotatable bonds is 3. The molecule has 0 bridgehead atoms. The fourth-order valence-electron chi connectivity index (χ4n) is 2.68. The van der Waals surface area contributed by atoms with E-state index in [0.717, 1.165) is 37.1 Å². The molecule has 1 aromatic heterocycles. The molecule has 1 aliphatic heterocycles. The van der Waals surface area contributed by atoms with Crippen LogP contribution in [0, 0.1) is 5.82 Å². The summed E-state index contributed by atoms with van der Waals surface area (Å²) in [6.07, 6.45) is 3.98. The number of carbonyl (C=O) groups is 1. The van der Waals surface area contributed by atoms with Crippen LogP contribution in [0.5, 0.6) is 0 Å². The van der Waals surface area contributed by atoms with Gasteiger partial charge in [-0.15, -0.1) is 0 Å². The molecule has 4 nitrogen and oxygen atoms in total. The molecule has 1 aromatic carbocycles. The molecular formula is C17H18FN3O. The first kappa shape index (κ1) is 14.5. The molecular weight excluding hydrogens is 281 g/mol. The van der Waals surface area contributed by atoms with Crippen LogP contribution in [-0.4, -0.2) is 28.9 Å². The lowest BCUT2D eigenvalue weighted by Crippen LogP contribution is -2.29. The van der Waals surface area contributed by atoms with Crippen molar-refractivity contribution < 1.29 is 9.18 Å². The zero-order valence-corrected chi connectivity index (χ0v) is 12.3. The largest absolute Gasteiger partial charge is 0.397 e. The average molecular weight is 299 g/mol. The monoisotopic (exact) mass is 299 g/mol. The molecule has 3 rings (SSSR count). The number of pyridine rings is 1. The second-order valence-corrected chi connectivity index (χ2v) is 5.54. The van der Waals surface area contributed by atoms with Crippen molar-refractivity contribution in [3.8, 4) is 11.3 Å². The maximum absolute atomic E-state index is 13.0. The fourth-order valence-corrected chi connectivity index (χ4v) is 2.68. The van der Waals surface area contributed by atoms with Crippen LogP contribution in [0.2, 0.25) is 0 Å². The topological polar surface area (TPSA) is 59.2 Å². The zero-order chi connectivity index (χ0) is 15.5. The molecule has 1 fully saturated rings. The lowest BCUT2D eigenvalue weighted by Gasteiger charge is -2.16. The molecule has 0 aliphatic carbocycles. The van der Waals surface area contributed by atoms with Gasteiger partial charge in [0.25, 0.3) is 0 Å². The minimum atomic E-state index is -0.288. The minimum absolute atomic E-state index is 0.0976. The Morgan fingerprint density at radius 1 is 1.23 bits per heavy atom. The Hall–Kier alpha value is -2.43. The summed E-state index contributed by atoms with van der Waals surface area (Å²) in [6.45, 7) is 1.66. The number of hydrogen-bond donors (Lipinski definition) is 1. The van der Waals surface area contributed by atoms with Crippen molar-refractivity contribution in [2.45, 2.75) is 19.3 Å². The highest BCUT2D eigenvalue weighted by Gasteiger charge is 2.19. The van der Waals surface area contributed by atoms with Gasteiger partial charge in [0, 0.05) is 18.7 Å². The molecule has 5 heteroatoms. The Morgan fingerprint density at radius 3 is 2.59 bits per heavy atom. The van der Waals surface area contributed by atoms with E-state index < -0.39 is 0 Å². The molecule has 1 aliphatic rings. The van der Waals surface area contributed by atoms with E-state index in [0.29, 0.717) is 11.4 Å². The number of aromatic nitrogens is 1. The number of amides is 1. The normalized spacial score (nSPS) is 14.3. The minimum Gasteiger partial charge on any atom is -0.397 e. The zero-order valence-electron chi connectivity index (χ0n) is 12.3. The number of anilines is 1. The fraction of sp³-hybridized carbons (Fsp3) is 0.294. The summed E-state index contributed by atoms with van der Waals surface area (Å²) in [6, 6.07) is 7.93. The van der Waals surface area contributed by atoms with Gasteiger partial charge in [-0.1, -0.05) is 0 Å². The van der Waals surface area contributed by atoms with E-state index >= 15 is 0 Å². The molecule has 1 saturated heterocycles. The van der Waals surface area contributed by atoms with Crippen LogP contribution in [0.15, 0.2) is 36.5 Å². The highest BCUT2D eigenvalue weighted by atomic mass is 19.1. The van der Waals surface area contributed by atoms with Crippen LogP contribution in [0.3, 0.4) is 0 Å². The summed E-state index contributed by atoms with van der Waals surface area (Å²) in [5.74, 6) is -0.191. The van der Waals surface area contributed by atoms with Crippen molar-refractivity contribution in [2.24, 2.45) is 0 Å². The number of nitrogens with zero attached hydrogens (tertiary/aromatic N) is 2. The summed E-state index contributed by atoms with van der Waals surface area (Å²) in [5.41, 5.74) is 8.72. The first-order valence-electron chi connectivity index (χ1n) is 7.41. The molecule has 0 saturated carbocycles. The van der Waals surface area contributed by atoms with Gasteiger partial charge >= 0.3 is 0 Å². The molecule has 2 aromatic rings. The summed E-state index contributed by atoms with van der Waals surface area (Å²) in [5, 5.41) is 0. The first-order valence-corrected chi connectivity index (χ1v) is 7.41. The van der Waals surface area contributed by atoms with Crippen molar-refractivity contribution in [3.63, 3.8) is 0 Å². The average Bonchev–Trinajstić information content (AvgIpc) is 3.05. The maximum atomic E-state index is 13.0. The number of nitrogens with two attached hydrogens (primary N) is 1. The Morgan fingerprint density at radius 2 is 1.91 bits per heavy atom. The maximum Gasteiger partial charge on any atom is 0.227 e.